The Labute approximate surface area is 115 Å². The van der Waals surface area contributed by atoms with Gasteiger partial charge in [0.25, 0.3) is 0 Å². The van der Waals surface area contributed by atoms with E-state index < -0.39 is 0 Å². The lowest BCUT2D eigenvalue weighted by Crippen LogP contribution is -2.05. The number of anilines is 1. The van der Waals surface area contributed by atoms with Gasteiger partial charge in [-0.05, 0) is 34.0 Å². The van der Waals surface area contributed by atoms with Gasteiger partial charge in [-0.25, -0.2) is 9.97 Å². The average molecular weight is 307 g/mol. The molecule has 5 heteroatoms. The molecule has 0 bridgehead atoms. The van der Waals surface area contributed by atoms with Gasteiger partial charge in [-0.2, -0.15) is 0 Å². The van der Waals surface area contributed by atoms with E-state index >= 15 is 0 Å². The Morgan fingerprint density at radius 1 is 1.22 bits per heavy atom. The number of rotatable bonds is 3. The van der Waals surface area contributed by atoms with E-state index in [0.717, 1.165) is 21.7 Å². The number of aromatic nitrogens is 3. The zero-order chi connectivity index (χ0) is 13.1. The minimum Gasteiger partial charge on any atom is -0.372 e. The molecule has 0 saturated carbocycles. The molecule has 0 aliphatic heterocycles. The van der Waals surface area contributed by atoms with Gasteiger partial charge in [0.15, 0.2) is 5.82 Å². The molecule has 18 heavy (non-hydrogen) atoms. The first-order valence-corrected chi connectivity index (χ1v) is 6.59. The van der Waals surface area contributed by atoms with E-state index in [-0.39, 0.29) is 0 Å². The Bertz CT molecular complexity index is 540. The molecule has 0 radical (unpaired) electrons. The summed E-state index contributed by atoms with van der Waals surface area (Å²) < 4.78 is 0.916. The second-order valence-corrected chi connectivity index (χ2v) is 5.01. The molecule has 4 nitrogen and oxygen atoms in total. The van der Waals surface area contributed by atoms with Gasteiger partial charge in [-0.1, -0.05) is 19.9 Å². The van der Waals surface area contributed by atoms with Gasteiger partial charge in [-0.3, -0.25) is 4.98 Å². The summed E-state index contributed by atoms with van der Waals surface area (Å²) in [6, 6.07) is 5.72. The number of nitrogens with one attached hydrogen (secondary N) is 1. The first-order chi connectivity index (χ1) is 8.63. The Hall–Kier alpha value is -1.49. The van der Waals surface area contributed by atoms with Gasteiger partial charge in [-0.15, -0.1) is 0 Å². The number of hydrogen-bond acceptors (Lipinski definition) is 4. The molecular formula is C13H15BrN4. The molecule has 0 aliphatic carbocycles. The van der Waals surface area contributed by atoms with Crippen LogP contribution in [0.1, 0.15) is 25.5 Å². The summed E-state index contributed by atoms with van der Waals surface area (Å²) in [5.41, 5.74) is 1.76. The number of halogens is 1. The van der Waals surface area contributed by atoms with Gasteiger partial charge in [0.2, 0.25) is 0 Å². The van der Waals surface area contributed by atoms with Crippen LogP contribution in [-0.4, -0.2) is 22.0 Å². The number of hydrogen-bond donors (Lipinski definition) is 1. The zero-order valence-electron chi connectivity index (χ0n) is 10.6. The minimum absolute atomic E-state index is 0.317. The van der Waals surface area contributed by atoms with E-state index in [1.54, 1.807) is 6.20 Å². The molecule has 0 fully saturated rings. The van der Waals surface area contributed by atoms with Crippen LogP contribution in [0.2, 0.25) is 0 Å². The predicted molar refractivity (Wildman–Crippen MR) is 76.6 cm³/mol. The highest BCUT2D eigenvalue weighted by Gasteiger charge is 2.15. The Kier molecular flexibility index (Phi) is 3.91. The molecule has 0 unspecified atom stereocenters. The second-order valence-electron chi connectivity index (χ2n) is 4.21. The molecule has 94 valence electrons. The average Bonchev–Trinajstić information content (AvgIpc) is 2.39. The Morgan fingerprint density at radius 2 is 2.00 bits per heavy atom. The maximum Gasteiger partial charge on any atom is 0.180 e. The smallest absolute Gasteiger partial charge is 0.180 e. The molecule has 2 heterocycles. The number of pyridine rings is 1. The van der Waals surface area contributed by atoms with Crippen LogP contribution < -0.4 is 5.32 Å². The summed E-state index contributed by atoms with van der Waals surface area (Å²) in [5.74, 6) is 1.75. The fourth-order valence-electron chi connectivity index (χ4n) is 1.62. The molecule has 2 aromatic rings. The van der Waals surface area contributed by atoms with Crippen molar-refractivity contribution in [3.63, 3.8) is 0 Å². The molecule has 1 N–H and O–H groups in total. The van der Waals surface area contributed by atoms with Crippen molar-refractivity contribution in [2.45, 2.75) is 19.8 Å². The lowest BCUT2D eigenvalue weighted by molar-refractivity contribution is 0.809. The van der Waals surface area contributed by atoms with Crippen LogP contribution in [0.4, 0.5) is 5.82 Å². The fraction of sp³-hybridized carbons (Fsp3) is 0.308. The fourth-order valence-corrected chi connectivity index (χ4v) is 2.46. The molecule has 2 rings (SSSR count). The van der Waals surface area contributed by atoms with Crippen molar-refractivity contribution >= 4 is 21.7 Å². The summed E-state index contributed by atoms with van der Waals surface area (Å²) in [4.78, 5) is 13.3. The molecule has 2 aromatic heterocycles. The standard InChI is InChI=1S/C13H15BrN4/c1-8(2)11-10(14)13(15-3)18-12(17-11)9-6-4-5-7-16-9/h4-8H,1-3H3,(H,15,17,18). The van der Waals surface area contributed by atoms with Crippen LogP contribution in [0.3, 0.4) is 0 Å². The first kappa shape index (κ1) is 13.0. The van der Waals surface area contributed by atoms with E-state index in [4.69, 9.17) is 0 Å². The van der Waals surface area contributed by atoms with E-state index in [0.29, 0.717) is 11.7 Å². The van der Waals surface area contributed by atoms with Crippen molar-refractivity contribution in [2.75, 3.05) is 12.4 Å². The molecule has 0 spiro atoms. The van der Waals surface area contributed by atoms with Gasteiger partial charge in [0, 0.05) is 13.2 Å². The summed E-state index contributed by atoms with van der Waals surface area (Å²) in [7, 11) is 1.85. The first-order valence-electron chi connectivity index (χ1n) is 5.80. The van der Waals surface area contributed by atoms with Gasteiger partial charge in [0.05, 0.1) is 10.2 Å². The third-order valence-corrected chi connectivity index (χ3v) is 3.34. The lowest BCUT2D eigenvalue weighted by atomic mass is 10.1. The molecular weight excluding hydrogens is 292 g/mol. The molecule has 0 saturated heterocycles. The van der Waals surface area contributed by atoms with Crippen molar-refractivity contribution in [2.24, 2.45) is 0 Å². The molecule has 0 aromatic carbocycles. The SMILES string of the molecule is CNc1nc(-c2ccccn2)nc(C(C)C)c1Br. The summed E-state index contributed by atoms with van der Waals surface area (Å²) >= 11 is 3.54. The van der Waals surface area contributed by atoms with Crippen molar-refractivity contribution in [1.82, 2.24) is 15.0 Å². The van der Waals surface area contributed by atoms with E-state index in [1.807, 2.05) is 25.2 Å². The highest BCUT2D eigenvalue weighted by Crippen LogP contribution is 2.30. The Balaban J connectivity index is 2.59. The summed E-state index contributed by atoms with van der Waals surface area (Å²) in [6.45, 7) is 4.21. The van der Waals surface area contributed by atoms with Gasteiger partial charge < -0.3 is 5.32 Å². The third-order valence-electron chi connectivity index (χ3n) is 2.55. The largest absolute Gasteiger partial charge is 0.372 e. The van der Waals surface area contributed by atoms with Crippen molar-refractivity contribution in [3.05, 3.63) is 34.6 Å². The number of nitrogens with zero attached hydrogens (tertiary/aromatic N) is 3. The third kappa shape index (κ3) is 2.51. The molecule has 0 atom stereocenters. The van der Waals surface area contributed by atoms with Gasteiger partial charge in [0.1, 0.15) is 11.5 Å². The predicted octanol–water partition coefficient (Wildman–Crippen LogP) is 3.47. The van der Waals surface area contributed by atoms with Gasteiger partial charge >= 0.3 is 0 Å². The van der Waals surface area contributed by atoms with Crippen LogP contribution in [0.5, 0.6) is 0 Å². The van der Waals surface area contributed by atoms with Crippen LogP contribution in [0.15, 0.2) is 28.9 Å². The van der Waals surface area contributed by atoms with Crippen LogP contribution >= 0.6 is 15.9 Å². The minimum atomic E-state index is 0.317. The second kappa shape index (κ2) is 5.44. The van der Waals surface area contributed by atoms with E-state index in [2.05, 4.69) is 50.0 Å². The molecule has 0 amide bonds. The monoisotopic (exact) mass is 306 g/mol. The maximum atomic E-state index is 4.59. The van der Waals surface area contributed by atoms with Crippen molar-refractivity contribution < 1.29 is 0 Å². The van der Waals surface area contributed by atoms with Crippen LogP contribution in [0.25, 0.3) is 11.5 Å². The summed E-state index contributed by atoms with van der Waals surface area (Å²) in [5, 5.41) is 3.07. The lowest BCUT2D eigenvalue weighted by Gasteiger charge is -2.13. The summed E-state index contributed by atoms with van der Waals surface area (Å²) in [6.07, 6.45) is 1.74. The normalized spacial score (nSPS) is 10.7. The highest BCUT2D eigenvalue weighted by atomic mass is 79.9. The maximum absolute atomic E-state index is 4.59. The van der Waals surface area contributed by atoms with E-state index in [1.165, 1.54) is 0 Å². The topological polar surface area (TPSA) is 50.7 Å². The Morgan fingerprint density at radius 3 is 2.56 bits per heavy atom. The highest BCUT2D eigenvalue weighted by molar-refractivity contribution is 9.10. The quantitative estimate of drug-likeness (QED) is 0.943. The zero-order valence-corrected chi connectivity index (χ0v) is 12.2. The molecule has 0 aliphatic rings. The van der Waals surface area contributed by atoms with E-state index in [9.17, 15) is 0 Å². The van der Waals surface area contributed by atoms with Crippen LogP contribution in [0, 0.1) is 0 Å². The van der Waals surface area contributed by atoms with Crippen molar-refractivity contribution in [3.8, 4) is 11.5 Å². The van der Waals surface area contributed by atoms with Crippen LogP contribution in [-0.2, 0) is 0 Å². The van der Waals surface area contributed by atoms with Crippen molar-refractivity contribution in [1.29, 1.82) is 0 Å².